The number of nitrogens with zero attached hydrogens (tertiary/aromatic N) is 1. The lowest BCUT2D eigenvalue weighted by molar-refractivity contribution is 0.336. The lowest BCUT2D eigenvalue weighted by Gasteiger charge is -2.36. The molecular weight excluding hydrogens is 323 g/mol. The maximum absolute atomic E-state index is 6.12. The van der Waals surface area contributed by atoms with Crippen molar-refractivity contribution in [3.63, 3.8) is 0 Å². The van der Waals surface area contributed by atoms with Gasteiger partial charge in [0.2, 0.25) is 0 Å². The van der Waals surface area contributed by atoms with E-state index in [1.165, 1.54) is 34.9 Å². The van der Waals surface area contributed by atoms with E-state index < -0.39 is 0 Å². The highest BCUT2D eigenvalue weighted by molar-refractivity contribution is 14.1. The Morgan fingerprint density at radius 3 is 2.76 bits per heavy atom. The van der Waals surface area contributed by atoms with Crippen molar-refractivity contribution in [2.75, 3.05) is 17.7 Å². The van der Waals surface area contributed by atoms with E-state index in [9.17, 15) is 0 Å². The highest BCUT2D eigenvalue weighted by Gasteiger charge is 2.23. The van der Waals surface area contributed by atoms with E-state index in [4.69, 9.17) is 5.73 Å². The largest absolute Gasteiger partial charge is 0.397 e. The Balaban J connectivity index is 2.15. The van der Waals surface area contributed by atoms with E-state index in [1.54, 1.807) is 0 Å². The van der Waals surface area contributed by atoms with Crippen molar-refractivity contribution < 1.29 is 0 Å². The average Bonchev–Trinajstić information content (AvgIpc) is 2.28. The van der Waals surface area contributed by atoms with Crippen LogP contribution >= 0.6 is 22.6 Å². The fraction of sp³-hybridized carbons (Fsp3) is 0.571. The molecule has 0 bridgehead atoms. The summed E-state index contributed by atoms with van der Waals surface area (Å²) < 4.78 is 1.20. The van der Waals surface area contributed by atoms with Crippen molar-refractivity contribution in [1.29, 1.82) is 0 Å². The van der Waals surface area contributed by atoms with Crippen LogP contribution in [0.1, 0.15) is 32.6 Å². The fourth-order valence-corrected chi connectivity index (χ4v) is 3.31. The fourth-order valence-electron chi connectivity index (χ4n) is 2.80. The molecule has 0 aromatic heterocycles. The van der Waals surface area contributed by atoms with Gasteiger partial charge in [0.15, 0.2) is 0 Å². The molecule has 2 unspecified atom stereocenters. The standard InChI is InChI=1S/C14H21IN2/c1-10-4-3-5-12(8-10)17(2)14-7-6-11(15)9-13(14)16/h6-7,9-10,12H,3-5,8,16H2,1-2H3. The van der Waals surface area contributed by atoms with Gasteiger partial charge in [0.25, 0.3) is 0 Å². The number of nitrogens with two attached hydrogens (primary N) is 1. The first-order valence-corrected chi connectivity index (χ1v) is 7.43. The molecule has 1 aliphatic rings. The Kier molecular flexibility index (Phi) is 4.17. The van der Waals surface area contributed by atoms with E-state index in [2.05, 4.69) is 59.7 Å². The SMILES string of the molecule is CC1CCCC(N(C)c2ccc(I)cc2N)C1. The lowest BCUT2D eigenvalue weighted by Crippen LogP contribution is -2.35. The van der Waals surface area contributed by atoms with E-state index in [-0.39, 0.29) is 0 Å². The van der Waals surface area contributed by atoms with E-state index >= 15 is 0 Å². The van der Waals surface area contributed by atoms with Gasteiger partial charge in [-0.2, -0.15) is 0 Å². The monoisotopic (exact) mass is 344 g/mol. The van der Waals surface area contributed by atoms with Crippen molar-refractivity contribution in [2.45, 2.75) is 38.6 Å². The first-order valence-electron chi connectivity index (χ1n) is 6.36. The summed E-state index contributed by atoms with van der Waals surface area (Å²) in [4.78, 5) is 2.38. The molecule has 0 amide bonds. The van der Waals surface area contributed by atoms with Crippen LogP contribution in [0, 0.1) is 9.49 Å². The van der Waals surface area contributed by atoms with Crippen LogP contribution in [0.15, 0.2) is 18.2 Å². The molecule has 17 heavy (non-hydrogen) atoms. The second kappa shape index (κ2) is 5.46. The summed E-state index contributed by atoms with van der Waals surface area (Å²) in [6.45, 7) is 2.36. The van der Waals surface area contributed by atoms with Gasteiger partial charge in [-0.15, -0.1) is 0 Å². The van der Waals surface area contributed by atoms with E-state index in [0.29, 0.717) is 6.04 Å². The van der Waals surface area contributed by atoms with Gasteiger partial charge in [0.1, 0.15) is 0 Å². The van der Waals surface area contributed by atoms with Crippen LogP contribution in [0.5, 0.6) is 0 Å². The minimum atomic E-state index is 0.654. The lowest BCUT2D eigenvalue weighted by atomic mass is 9.86. The average molecular weight is 344 g/mol. The molecule has 2 atom stereocenters. The van der Waals surface area contributed by atoms with E-state index in [0.717, 1.165) is 11.6 Å². The number of hydrogen-bond donors (Lipinski definition) is 1. The van der Waals surface area contributed by atoms with Crippen molar-refractivity contribution in [1.82, 2.24) is 0 Å². The van der Waals surface area contributed by atoms with Gasteiger partial charge in [-0.3, -0.25) is 0 Å². The Labute approximate surface area is 118 Å². The summed E-state index contributed by atoms with van der Waals surface area (Å²) in [7, 11) is 2.18. The third-order valence-electron chi connectivity index (χ3n) is 3.83. The molecule has 3 heteroatoms. The minimum Gasteiger partial charge on any atom is -0.397 e. The van der Waals surface area contributed by atoms with Crippen molar-refractivity contribution in [3.8, 4) is 0 Å². The van der Waals surface area contributed by atoms with Gasteiger partial charge in [-0.1, -0.05) is 19.8 Å². The van der Waals surface area contributed by atoms with Crippen molar-refractivity contribution in [2.24, 2.45) is 5.92 Å². The highest BCUT2D eigenvalue weighted by Crippen LogP contribution is 2.32. The summed E-state index contributed by atoms with van der Waals surface area (Å²) >= 11 is 2.30. The number of halogens is 1. The predicted octanol–water partition coefficient (Wildman–Crippen LogP) is 3.89. The smallest absolute Gasteiger partial charge is 0.0600 e. The molecule has 2 N–H and O–H groups in total. The molecule has 0 spiro atoms. The molecule has 2 nitrogen and oxygen atoms in total. The molecule has 0 heterocycles. The number of benzene rings is 1. The van der Waals surface area contributed by atoms with Gasteiger partial charge in [-0.05, 0) is 59.5 Å². The number of nitrogen functional groups attached to an aromatic ring is 1. The maximum Gasteiger partial charge on any atom is 0.0600 e. The molecule has 1 saturated carbocycles. The number of rotatable bonds is 2. The molecule has 0 aliphatic heterocycles. The normalized spacial score (nSPS) is 24.6. The second-order valence-electron chi connectivity index (χ2n) is 5.24. The molecular formula is C14H21IN2. The molecule has 2 rings (SSSR count). The Morgan fingerprint density at radius 2 is 2.12 bits per heavy atom. The highest BCUT2D eigenvalue weighted by atomic mass is 127. The van der Waals surface area contributed by atoms with Crippen LogP contribution in [0.25, 0.3) is 0 Å². The van der Waals surface area contributed by atoms with Gasteiger partial charge >= 0.3 is 0 Å². The van der Waals surface area contributed by atoms with Crippen LogP contribution in [0.2, 0.25) is 0 Å². The van der Waals surface area contributed by atoms with Crippen LogP contribution in [0.3, 0.4) is 0 Å². The first-order chi connectivity index (χ1) is 8.08. The van der Waals surface area contributed by atoms with Crippen LogP contribution in [0.4, 0.5) is 11.4 Å². The third-order valence-corrected chi connectivity index (χ3v) is 4.50. The maximum atomic E-state index is 6.12. The predicted molar refractivity (Wildman–Crippen MR) is 83.4 cm³/mol. The molecule has 1 fully saturated rings. The first kappa shape index (κ1) is 13.0. The van der Waals surface area contributed by atoms with Crippen LogP contribution in [-0.2, 0) is 0 Å². The zero-order valence-corrected chi connectivity index (χ0v) is 12.8. The Hall–Kier alpha value is -0.450. The van der Waals surface area contributed by atoms with Crippen LogP contribution < -0.4 is 10.6 Å². The molecule has 1 aromatic rings. The topological polar surface area (TPSA) is 29.3 Å². The van der Waals surface area contributed by atoms with E-state index in [1.807, 2.05) is 0 Å². The summed E-state index contributed by atoms with van der Waals surface area (Å²) in [6, 6.07) is 6.99. The summed E-state index contributed by atoms with van der Waals surface area (Å²) in [5, 5.41) is 0. The molecule has 1 aromatic carbocycles. The molecule has 0 radical (unpaired) electrons. The Morgan fingerprint density at radius 1 is 1.35 bits per heavy atom. The zero-order valence-electron chi connectivity index (χ0n) is 10.6. The van der Waals surface area contributed by atoms with Crippen LogP contribution in [-0.4, -0.2) is 13.1 Å². The molecule has 0 saturated heterocycles. The third kappa shape index (κ3) is 3.06. The van der Waals surface area contributed by atoms with Crippen molar-refractivity contribution >= 4 is 34.0 Å². The minimum absolute atomic E-state index is 0.654. The Bertz CT molecular complexity index is 392. The number of anilines is 2. The van der Waals surface area contributed by atoms with Gasteiger partial charge < -0.3 is 10.6 Å². The second-order valence-corrected chi connectivity index (χ2v) is 6.49. The molecule has 1 aliphatic carbocycles. The quantitative estimate of drug-likeness (QED) is 0.652. The van der Waals surface area contributed by atoms with Gasteiger partial charge in [-0.25, -0.2) is 0 Å². The van der Waals surface area contributed by atoms with Gasteiger partial charge in [0.05, 0.1) is 11.4 Å². The summed E-state index contributed by atoms with van der Waals surface area (Å²) in [5.74, 6) is 0.848. The van der Waals surface area contributed by atoms with Gasteiger partial charge in [0, 0.05) is 16.7 Å². The van der Waals surface area contributed by atoms with Crippen molar-refractivity contribution in [3.05, 3.63) is 21.8 Å². The number of hydrogen-bond acceptors (Lipinski definition) is 2. The summed E-state index contributed by atoms with van der Waals surface area (Å²) in [6.07, 6.45) is 5.32. The zero-order chi connectivity index (χ0) is 12.4. The molecule has 94 valence electrons. The summed E-state index contributed by atoms with van der Waals surface area (Å²) in [5.41, 5.74) is 8.20.